The van der Waals surface area contributed by atoms with Crippen LogP contribution in [-0.2, 0) is 10.6 Å². The molecule has 1 fully saturated rings. The van der Waals surface area contributed by atoms with Gasteiger partial charge in [0.05, 0.1) is 19.1 Å². The molecule has 1 saturated heterocycles. The van der Waals surface area contributed by atoms with Gasteiger partial charge in [0.25, 0.3) is 5.91 Å². The van der Waals surface area contributed by atoms with Gasteiger partial charge in [-0.15, -0.1) is 0 Å². The fourth-order valence-electron chi connectivity index (χ4n) is 2.20. The first-order valence-corrected chi connectivity index (χ1v) is 5.68. The molecule has 3 atom stereocenters. The summed E-state index contributed by atoms with van der Waals surface area (Å²) in [5, 5.41) is 29.2. The zero-order valence-electron chi connectivity index (χ0n) is 9.84. The maximum atomic E-state index is 10.4. The highest BCUT2D eigenvalue weighted by Crippen LogP contribution is 2.34. The first-order valence-electron chi connectivity index (χ1n) is 5.68. The van der Waals surface area contributed by atoms with Crippen molar-refractivity contribution in [2.75, 3.05) is 12.3 Å². The van der Waals surface area contributed by atoms with E-state index in [1.165, 1.54) is 17.2 Å². The average Bonchev–Trinajstić information content (AvgIpc) is 2.92. The van der Waals surface area contributed by atoms with Crippen LogP contribution >= 0.6 is 0 Å². The van der Waals surface area contributed by atoms with Crippen LogP contribution in [0.4, 0.5) is 5.82 Å². The molecule has 3 rings (SSSR count). The molecule has 0 radical (unpaired) electrons. The molecule has 0 unspecified atom stereocenters. The monoisotopic (exact) mass is 267 g/mol. The van der Waals surface area contributed by atoms with Gasteiger partial charge in [-0.3, -0.25) is 4.57 Å². The Labute approximate surface area is 107 Å². The highest BCUT2D eigenvalue weighted by Gasteiger charge is 2.47. The number of rotatable bonds is 2. The number of aliphatic hydroxyl groups is 3. The number of aromatic nitrogens is 4. The second kappa shape index (κ2) is 4.10. The van der Waals surface area contributed by atoms with Gasteiger partial charge < -0.3 is 25.8 Å². The maximum Gasteiger partial charge on any atom is 0.258 e. The number of imidazole rings is 1. The minimum Gasteiger partial charge on any atom is -0.394 e. The minimum absolute atomic E-state index is 0.104. The van der Waals surface area contributed by atoms with Crippen molar-refractivity contribution in [3.05, 3.63) is 12.7 Å². The number of nitrogen functional groups attached to an aromatic ring is 1. The topological polar surface area (TPSA) is 140 Å². The van der Waals surface area contributed by atoms with Crippen LogP contribution in [0, 0.1) is 0 Å². The van der Waals surface area contributed by atoms with Crippen LogP contribution in [0.15, 0.2) is 12.7 Å². The summed E-state index contributed by atoms with van der Waals surface area (Å²) in [5.74, 6) is -1.63. The molecule has 19 heavy (non-hydrogen) atoms. The Balaban J connectivity index is 2.08. The molecule has 2 aromatic rings. The molecule has 9 nitrogen and oxygen atoms in total. The van der Waals surface area contributed by atoms with Gasteiger partial charge in [-0.05, 0) is 0 Å². The quantitative estimate of drug-likeness (QED) is 0.497. The standard InChI is InChI=1S/C10H13N5O4/c11-8-7-9(13-3-12-8)15(4-14-7)10(18)1-5(17)6(2-16)19-10/h3-6,16-18H,1-2H2,(H2,11,12,13)/t5-,6+,10+/m0/s1. The van der Waals surface area contributed by atoms with Crippen molar-refractivity contribution in [1.82, 2.24) is 19.5 Å². The second-order valence-corrected chi connectivity index (χ2v) is 4.40. The van der Waals surface area contributed by atoms with Crippen molar-refractivity contribution >= 4 is 17.0 Å². The minimum atomic E-state index is -1.82. The van der Waals surface area contributed by atoms with Gasteiger partial charge in [-0.2, -0.15) is 0 Å². The molecule has 0 aliphatic carbocycles. The number of fused-ring (bicyclic) bond motifs is 1. The van der Waals surface area contributed by atoms with E-state index in [2.05, 4.69) is 15.0 Å². The summed E-state index contributed by atoms with van der Waals surface area (Å²) < 4.78 is 6.54. The van der Waals surface area contributed by atoms with Crippen molar-refractivity contribution in [2.24, 2.45) is 0 Å². The van der Waals surface area contributed by atoms with Crippen LogP contribution < -0.4 is 5.73 Å². The zero-order chi connectivity index (χ0) is 13.6. The van der Waals surface area contributed by atoms with E-state index in [0.717, 1.165) is 0 Å². The van der Waals surface area contributed by atoms with Crippen LogP contribution in [0.1, 0.15) is 6.42 Å². The SMILES string of the molecule is Nc1ncnc2c1ncn2[C@@]1(O)C[C@H](O)[C@@H](CO)O1. The summed E-state index contributed by atoms with van der Waals surface area (Å²) in [4.78, 5) is 11.8. The van der Waals surface area contributed by atoms with E-state index in [0.29, 0.717) is 11.2 Å². The van der Waals surface area contributed by atoms with Crippen molar-refractivity contribution in [2.45, 2.75) is 24.5 Å². The lowest BCUT2D eigenvalue weighted by Gasteiger charge is -2.23. The summed E-state index contributed by atoms with van der Waals surface area (Å²) in [7, 11) is 0. The fourth-order valence-corrected chi connectivity index (χ4v) is 2.20. The van der Waals surface area contributed by atoms with E-state index in [-0.39, 0.29) is 12.2 Å². The van der Waals surface area contributed by atoms with Crippen molar-refractivity contribution < 1.29 is 20.1 Å². The number of ether oxygens (including phenoxy) is 1. The molecule has 0 aromatic carbocycles. The fraction of sp³-hybridized carbons (Fsp3) is 0.500. The van der Waals surface area contributed by atoms with E-state index in [1.807, 2.05) is 0 Å². The lowest BCUT2D eigenvalue weighted by Crippen LogP contribution is -2.33. The third kappa shape index (κ3) is 1.75. The lowest BCUT2D eigenvalue weighted by atomic mass is 10.2. The number of nitrogens with two attached hydrogens (primary N) is 1. The highest BCUT2D eigenvalue weighted by atomic mass is 16.7. The van der Waals surface area contributed by atoms with E-state index < -0.39 is 24.7 Å². The first kappa shape index (κ1) is 12.2. The van der Waals surface area contributed by atoms with Gasteiger partial charge in [-0.1, -0.05) is 0 Å². The third-order valence-corrected chi connectivity index (χ3v) is 3.16. The molecule has 1 aliphatic rings. The molecule has 0 bridgehead atoms. The number of hydrogen-bond donors (Lipinski definition) is 4. The number of hydrogen-bond acceptors (Lipinski definition) is 8. The molecule has 2 aromatic heterocycles. The smallest absolute Gasteiger partial charge is 0.258 e. The zero-order valence-corrected chi connectivity index (χ0v) is 9.84. The molecular formula is C10H13N5O4. The Morgan fingerprint density at radius 3 is 2.95 bits per heavy atom. The molecular weight excluding hydrogens is 254 g/mol. The predicted octanol–water partition coefficient (Wildman–Crippen LogP) is -1.85. The molecule has 9 heteroatoms. The van der Waals surface area contributed by atoms with Crippen LogP contribution in [0.5, 0.6) is 0 Å². The van der Waals surface area contributed by atoms with Crippen molar-refractivity contribution in [3.63, 3.8) is 0 Å². The summed E-state index contributed by atoms with van der Waals surface area (Å²) in [5.41, 5.74) is 6.28. The van der Waals surface area contributed by atoms with E-state index in [1.54, 1.807) is 0 Å². The summed E-state index contributed by atoms with van der Waals surface area (Å²) in [6.07, 6.45) is 0.609. The first-order chi connectivity index (χ1) is 9.05. The molecule has 0 amide bonds. The Hall–Kier alpha value is -1.81. The summed E-state index contributed by atoms with van der Waals surface area (Å²) in [6, 6.07) is 0. The predicted molar refractivity (Wildman–Crippen MR) is 62.5 cm³/mol. The van der Waals surface area contributed by atoms with Crippen molar-refractivity contribution in [3.8, 4) is 0 Å². The Kier molecular flexibility index (Phi) is 2.64. The Morgan fingerprint density at radius 2 is 2.26 bits per heavy atom. The van der Waals surface area contributed by atoms with Crippen LogP contribution in [0.3, 0.4) is 0 Å². The molecule has 0 spiro atoms. The maximum absolute atomic E-state index is 10.4. The second-order valence-electron chi connectivity index (χ2n) is 4.40. The number of aliphatic hydroxyl groups excluding tert-OH is 2. The van der Waals surface area contributed by atoms with Gasteiger partial charge >= 0.3 is 0 Å². The van der Waals surface area contributed by atoms with Crippen LogP contribution in [-0.4, -0.2) is 53.7 Å². The Morgan fingerprint density at radius 1 is 1.47 bits per heavy atom. The normalized spacial score (nSPS) is 31.1. The molecule has 0 saturated carbocycles. The lowest BCUT2D eigenvalue weighted by molar-refractivity contribution is -0.254. The van der Waals surface area contributed by atoms with Crippen molar-refractivity contribution in [1.29, 1.82) is 0 Å². The van der Waals surface area contributed by atoms with E-state index >= 15 is 0 Å². The van der Waals surface area contributed by atoms with Gasteiger partial charge in [-0.25, -0.2) is 15.0 Å². The van der Waals surface area contributed by atoms with E-state index in [9.17, 15) is 10.2 Å². The van der Waals surface area contributed by atoms with E-state index in [4.69, 9.17) is 15.6 Å². The van der Waals surface area contributed by atoms with Gasteiger partial charge in [0, 0.05) is 0 Å². The van der Waals surface area contributed by atoms with Crippen LogP contribution in [0.2, 0.25) is 0 Å². The van der Waals surface area contributed by atoms with Crippen LogP contribution in [0.25, 0.3) is 11.2 Å². The summed E-state index contributed by atoms with van der Waals surface area (Å²) in [6.45, 7) is -0.396. The molecule has 1 aliphatic heterocycles. The Bertz CT molecular complexity index is 617. The van der Waals surface area contributed by atoms with Gasteiger partial charge in [0.1, 0.15) is 24.3 Å². The van der Waals surface area contributed by atoms with Gasteiger partial charge in [0.15, 0.2) is 11.5 Å². The summed E-state index contributed by atoms with van der Waals surface area (Å²) >= 11 is 0. The average molecular weight is 267 g/mol. The molecule has 5 N–H and O–H groups in total. The largest absolute Gasteiger partial charge is 0.394 e. The molecule has 3 heterocycles. The third-order valence-electron chi connectivity index (χ3n) is 3.16. The molecule has 102 valence electrons. The number of anilines is 1. The van der Waals surface area contributed by atoms with Gasteiger partial charge in [0.2, 0.25) is 0 Å². The number of nitrogens with zero attached hydrogens (tertiary/aromatic N) is 4. The highest BCUT2D eigenvalue weighted by molar-refractivity contribution is 5.81.